The minimum Gasteiger partial charge on any atom is -0.303 e. The molecule has 0 fully saturated rings. The molecule has 0 aliphatic carbocycles. The summed E-state index contributed by atoms with van der Waals surface area (Å²) in [7, 11) is 1.54. The van der Waals surface area contributed by atoms with Crippen molar-refractivity contribution in [3.63, 3.8) is 0 Å². The lowest BCUT2D eigenvalue weighted by Gasteiger charge is -2.10. The molecule has 0 aliphatic rings. The third-order valence-electron chi connectivity index (χ3n) is 3.84. The van der Waals surface area contributed by atoms with Crippen molar-refractivity contribution in [3.8, 4) is 0 Å². The lowest BCUT2D eigenvalue weighted by Crippen LogP contribution is -2.30. The molecule has 0 saturated carbocycles. The predicted octanol–water partition coefficient (Wildman–Crippen LogP) is 0.857. The van der Waals surface area contributed by atoms with E-state index in [1.807, 2.05) is 0 Å². The van der Waals surface area contributed by atoms with Crippen molar-refractivity contribution >= 4 is 23.0 Å². The first-order chi connectivity index (χ1) is 11.5. The van der Waals surface area contributed by atoms with E-state index in [0.717, 1.165) is 25.7 Å². The molecule has 24 heavy (non-hydrogen) atoms. The van der Waals surface area contributed by atoms with Crippen LogP contribution in [0.5, 0.6) is 0 Å². The second-order valence-electron chi connectivity index (χ2n) is 5.80. The van der Waals surface area contributed by atoms with Gasteiger partial charge in [-0.3, -0.25) is 30.0 Å². The summed E-state index contributed by atoms with van der Waals surface area (Å²) in [6.45, 7) is 4.09. The first kappa shape index (κ1) is 17.8. The van der Waals surface area contributed by atoms with Crippen LogP contribution < -0.4 is 22.1 Å². The van der Waals surface area contributed by atoms with E-state index in [9.17, 15) is 14.4 Å². The average molecular weight is 336 g/mol. The number of carbonyl (C=O) groups is 1. The highest BCUT2D eigenvalue weighted by atomic mass is 16.2. The maximum Gasteiger partial charge on any atom is 0.329 e. The number of aromatic amines is 1. The lowest BCUT2D eigenvalue weighted by atomic mass is 10.1. The van der Waals surface area contributed by atoms with E-state index in [1.165, 1.54) is 17.9 Å². The topological polar surface area (TPSA) is 114 Å². The molecular weight excluding hydrogens is 312 g/mol. The van der Waals surface area contributed by atoms with Gasteiger partial charge in [0.1, 0.15) is 0 Å². The monoisotopic (exact) mass is 336 g/mol. The van der Waals surface area contributed by atoms with Gasteiger partial charge in [0.2, 0.25) is 11.9 Å². The smallest absolute Gasteiger partial charge is 0.303 e. The van der Waals surface area contributed by atoms with Crippen LogP contribution in [0.25, 0.3) is 11.2 Å². The van der Waals surface area contributed by atoms with Crippen LogP contribution in [-0.2, 0) is 18.4 Å². The van der Waals surface area contributed by atoms with E-state index in [2.05, 4.69) is 27.7 Å². The molecule has 1 amide bonds. The first-order valence-corrected chi connectivity index (χ1v) is 8.17. The second-order valence-corrected chi connectivity index (χ2v) is 5.80. The number of hydrazine groups is 1. The SMILES string of the molecule is CCCCCCCn1c(NNC(C)=O)nc2c1c(=O)[nH]c(=O)n2C. The highest BCUT2D eigenvalue weighted by Gasteiger charge is 2.17. The van der Waals surface area contributed by atoms with Crippen LogP contribution in [-0.4, -0.2) is 25.0 Å². The van der Waals surface area contributed by atoms with Crippen LogP contribution >= 0.6 is 0 Å². The fourth-order valence-corrected chi connectivity index (χ4v) is 2.57. The van der Waals surface area contributed by atoms with E-state index in [1.54, 1.807) is 11.6 Å². The third kappa shape index (κ3) is 3.84. The normalized spacial score (nSPS) is 11.0. The zero-order valence-corrected chi connectivity index (χ0v) is 14.3. The Morgan fingerprint density at radius 1 is 1.21 bits per heavy atom. The molecule has 9 heteroatoms. The van der Waals surface area contributed by atoms with Crippen molar-refractivity contribution in [2.45, 2.75) is 52.5 Å². The number of hydrogen-bond acceptors (Lipinski definition) is 5. The van der Waals surface area contributed by atoms with Gasteiger partial charge in [0, 0.05) is 20.5 Å². The molecule has 0 aliphatic heterocycles. The van der Waals surface area contributed by atoms with Gasteiger partial charge in [0.25, 0.3) is 5.56 Å². The van der Waals surface area contributed by atoms with Gasteiger partial charge in [-0.25, -0.2) is 4.79 Å². The summed E-state index contributed by atoms with van der Waals surface area (Å²) < 4.78 is 2.98. The summed E-state index contributed by atoms with van der Waals surface area (Å²) in [5.74, 6) is 0.0572. The number of aryl methyl sites for hydroxylation is 2. The summed E-state index contributed by atoms with van der Waals surface area (Å²) in [6.07, 6.45) is 5.38. The molecule has 2 aromatic rings. The van der Waals surface area contributed by atoms with Crippen molar-refractivity contribution in [2.24, 2.45) is 7.05 Å². The van der Waals surface area contributed by atoms with Crippen molar-refractivity contribution in [2.75, 3.05) is 5.43 Å². The Hall–Kier alpha value is -2.58. The van der Waals surface area contributed by atoms with Gasteiger partial charge in [-0.1, -0.05) is 32.6 Å². The number of carbonyl (C=O) groups excluding carboxylic acids is 1. The molecule has 0 spiro atoms. The van der Waals surface area contributed by atoms with Crippen molar-refractivity contribution in [1.29, 1.82) is 0 Å². The summed E-state index contributed by atoms with van der Waals surface area (Å²) in [4.78, 5) is 41.7. The van der Waals surface area contributed by atoms with E-state index < -0.39 is 11.2 Å². The number of unbranched alkanes of at least 4 members (excludes halogenated alkanes) is 4. The summed E-state index contributed by atoms with van der Waals surface area (Å²) in [5.41, 5.74) is 4.77. The molecule has 9 nitrogen and oxygen atoms in total. The predicted molar refractivity (Wildman–Crippen MR) is 91.8 cm³/mol. The number of anilines is 1. The largest absolute Gasteiger partial charge is 0.329 e. The average Bonchev–Trinajstić information content (AvgIpc) is 2.90. The molecule has 0 saturated heterocycles. The Bertz CT molecular complexity index is 832. The Kier molecular flexibility index (Phi) is 5.78. The minimum absolute atomic E-state index is 0.278. The standard InChI is InChI=1S/C15H24N6O3/c1-4-5-6-7-8-9-21-11-12(16-14(21)19-18-10(2)22)20(3)15(24)17-13(11)23/h4-9H2,1-3H3,(H,16,19)(H,18,22)(H,17,23,24). The molecule has 132 valence electrons. The molecule has 2 heterocycles. The van der Waals surface area contributed by atoms with Gasteiger partial charge in [0.05, 0.1) is 0 Å². The molecular formula is C15H24N6O3. The van der Waals surface area contributed by atoms with Crippen LogP contribution in [0, 0.1) is 0 Å². The van der Waals surface area contributed by atoms with Crippen LogP contribution in [0.15, 0.2) is 9.59 Å². The van der Waals surface area contributed by atoms with Crippen LogP contribution in [0.4, 0.5) is 5.95 Å². The van der Waals surface area contributed by atoms with E-state index >= 15 is 0 Å². The van der Waals surface area contributed by atoms with Crippen molar-refractivity contribution in [1.82, 2.24) is 24.5 Å². The number of fused-ring (bicyclic) bond motifs is 1. The zero-order valence-electron chi connectivity index (χ0n) is 14.3. The van der Waals surface area contributed by atoms with Gasteiger partial charge >= 0.3 is 5.69 Å². The maximum absolute atomic E-state index is 12.2. The Morgan fingerprint density at radius 3 is 2.58 bits per heavy atom. The van der Waals surface area contributed by atoms with Crippen LogP contribution in [0.1, 0.15) is 46.0 Å². The number of nitrogens with zero attached hydrogens (tertiary/aromatic N) is 3. The number of aromatic nitrogens is 4. The van der Waals surface area contributed by atoms with E-state index in [4.69, 9.17) is 0 Å². The zero-order chi connectivity index (χ0) is 17.7. The van der Waals surface area contributed by atoms with E-state index in [-0.39, 0.29) is 11.6 Å². The van der Waals surface area contributed by atoms with Crippen molar-refractivity contribution in [3.05, 3.63) is 20.8 Å². The molecule has 0 bridgehead atoms. The Morgan fingerprint density at radius 2 is 1.92 bits per heavy atom. The number of rotatable bonds is 8. The van der Waals surface area contributed by atoms with Gasteiger partial charge in [-0.15, -0.1) is 0 Å². The minimum atomic E-state index is -0.522. The highest BCUT2D eigenvalue weighted by Crippen LogP contribution is 2.16. The number of H-pyrrole nitrogens is 1. The highest BCUT2D eigenvalue weighted by molar-refractivity contribution is 5.77. The maximum atomic E-state index is 12.2. The quantitative estimate of drug-likeness (QED) is 0.489. The molecule has 0 unspecified atom stereocenters. The summed E-state index contributed by atoms with van der Waals surface area (Å²) in [5, 5.41) is 0. The van der Waals surface area contributed by atoms with Crippen LogP contribution in [0.3, 0.4) is 0 Å². The molecule has 0 radical (unpaired) electrons. The molecule has 0 aromatic carbocycles. The van der Waals surface area contributed by atoms with Crippen molar-refractivity contribution < 1.29 is 4.79 Å². The van der Waals surface area contributed by atoms with Crippen LogP contribution in [0.2, 0.25) is 0 Å². The summed E-state index contributed by atoms with van der Waals surface area (Å²) in [6, 6.07) is 0. The molecule has 3 N–H and O–H groups in total. The fraction of sp³-hybridized carbons (Fsp3) is 0.600. The first-order valence-electron chi connectivity index (χ1n) is 8.17. The van der Waals surface area contributed by atoms with Gasteiger partial charge in [-0.05, 0) is 6.42 Å². The second kappa shape index (κ2) is 7.80. The molecule has 0 atom stereocenters. The molecule has 2 aromatic heterocycles. The third-order valence-corrected chi connectivity index (χ3v) is 3.84. The number of nitrogens with one attached hydrogen (secondary N) is 3. The Labute approximate surface area is 139 Å². The van der Waals surface area contributed by atoms with Gasteiger partial charge in [-0.2, -0.15) is 4.98 Å². The number of imidazole rings is 1. The van der Waals surface area contributed by atoms with Gasteiger partial charge in [0.15, 0.2) is 11.2 Å². The number of hydrogen-bond donors (Lipinski definition) is 3. The lowest BCUT2D eigenvalue weighted by molar-refractivity contribution is -0.118. The summed E-state index contributed by atoms with van der Waals surface area (Å²) >= 11 is 0. The Balaban J connectivity index is 2.38. The van der Waals surface area contributed by atoms with E-state index in [0.29, 0.717) is 18.0 Å². The van der Waals surface area contributed by atoms with Gasteiger partial charge < -0.3 is 4.57 Å². The molecule has 2 rings (SSSR count). The number of amides is 1. The fourth-order valence-electron chi connectivity index (χ4n) is 2.57.